The molecule has 3 unspecified atom stereocenters. The van der Waals surface area contributed by atoms with Crippen LogP contribution in [0.5, 0.6) is 0 Å². The molecule has 1 fully saturated rings. The van der Waals surface area contributed by atoms with Crippen LogP contribution < -0.4 is 32.7 Å². The topological polar surface area (TPSA) is 343 Å². The number of nitrogens with one attached hydrogen (secondary N) is 4. The lowest BCUT2D eigenvalue weighted by molar-refractivity contribution is -0.157. The van der Waals surface area contributed by atoms with E-state index >= 15 is 28.8 Å². The molecule has 0 aromatic heterocycles. The number of thioether (sulfide) groups is 1. The number of carbonyl (C=O) groups is 11. The summed E-state index contributed by atoms with van der Waals surface area (Å²) in [5.74, 6) is -10.4. The van der Waals surface area contributed by atoms with E-state index in [4.69, 9.17) is 11.5 Å². The fourth-order valence-electron chi connectivity index (χ4n) is 11.2. The molecule has 9 N–H and O–H groups in total. The molecule has 0 saturated carbocycles. The van der Waals surface area contributed by atoms with Crippen LogP contribution in [0.2, 0.25) is 0 Å². The average Bonchev–Trinajstić information content (AvgIpc) is 0.861. The standard InChI is InChI=1S/C65H118N14O12S/c1-25-27-28-41(15)52(80)51-56(84)71-44(26-2)58(86)79(24)64(92-30-29-68-65(66)67)63(91)74(19)46(32-36(5)6)55(83)72-49(39(11)12)61(89)73(18)45(31-35(3)4)54(82)69-42(16)53(81)70-43(17)57(85)75(20)47(33-37(7)8)59(87)76(21)48(34-38(9)10)60(88)77(22)50(40(13)14)62(90)78(51)23/h25,27,35-52,64,80H,26,28-34H2,1-24H3,(H,69,82)(H,70,81)(H,71,84)(H,72,83)(H4,66,67,68)/t41-,42-,43+,44-,45?,46+,47-,48-,49-,50+,51?,52-,64?/m1/s1. The Morgan fingerprint density at radius 1 is 0.500 bits per heavy atom. The highest BCUT2D eigenvalue weighted by molar-refractivity contribution is 8.00. The maximum absolute atomic E-state index is 15.3. The molecular formula is C65H118N14O12S. The second kappa shape index (κ2) is 38.6. The van der Waals surface area contributed by atoms with Crippen molar-refractivity contribution in [2.24, 2.45) is 57.9 Å². The van der Waals surface area contributed by atoms with E-state index in [1.54, 1.807) is 60.6 Å². The van der Waals surface area contributed by atoms with Gasteiger partial charge < -0.3 is 72.1 Å². The second-order valence-electron chi connectivity index (χ2n) is 27.3. The van der Waals surface area contributed by atoms with Gasteiger partial charge in [-0.1, -0.05) is 109 Å². The molecule has 1 rings (SSSR count). The van der Waals surface area contributed by atoms with Crippen molar-refractivity contribution in [3.8, 4) is 0 Å². The van der Waals surface area contributed by atoms with Crippen molar-refractivity contribution in [3.63, 3.8) is 0 Å². The van der Waals surface area contributed by atoms with E-state index in [0.717, 1.165) is 21.6 Å². The molecule has 1 heterocycles. The maximum Gasteiger partial charge on any atom is 0.256 e. The average molecular weight is 1320 g/mol. The van der Waals surface area contributed by atoms with Gasteiger partial charge >= 0.3 is 0 Å². The summed E-state index contributed by atoms with van der Waals surface area (Å²) in [6.45, 7) is 29.7. The van der Waals surface area contributed by atoms with Gasteiger partial charge in [0.15, 0.2) is 11.3 Å². The van der Waals surface area contributed by atoms with Crippen LogP contribution in [-0.2, 0) is 52.7 Å². The van der Waals surface area contributed by atoms with Crippen LogP contribution in [0.3, 0.4) is 0 Å². The van der Waals surface area contributed by atoms with Crippen molar-refractivity contribution in [2.75, 3.05) is 61.6 Å². The fraction of sp³-hybridized carbons (Fsp3) is 0.785. The van der Waals surface area contributed by atoms with E-state index in [0.29, 0.717) is 0 Å². The van der Waals surface area contributed by atoms with E-state index in [1.165, 1.54) is 87.7 Å². The molecule has 0 spiro atoms. The molecule has 0 bridgehead atoms. The monoisotopic (exact) mass is 1320 g/mol. The van der Waals surface area contributed by atoms with Crippen LogP contribution >= 0.6 is 11.8 Å². The molecular weight excluding hydrogens is 1200 g/mol. The Bertz CT molecular complexity index is 2560. The minimum Gasteiger partial charge on any atom is -0.390 e. The van der Waals surface area contributed by atoms with Gasteiger partial charge in [0.25, 0.3) is 5.91 Å². The predicted molar refractivity (Wildman–Crippen MR) is 361 cm³/mol. The van der Waals surface area contributed by atoms with E-state index in [9.17, 15) is 29.1 Å². The molecule has 1 saturated heterocycles. The number of hydrogen-bond donors (Lipinski definition) is 7. The first-order chi connectivity index (χ1) is 42.5. The van der Waals surface area contributed by atoms with Crippen LogP contribution in [-0.4, -0.2) is 244 Å². The fourth-order valence-corrected chi connectivity index (χ4v) is 12.3. The molecule has 26 nitrogen and oxygen atoms in total. The highest BCUT2D eigenvalue weighted by Gasteiger charge is 2.46. The molecule has 13 atom stereocenters. The van der Waals surface area contributed by atoms with Crippen molar-refractivity contribution in [3.05, 3.63) is 12.2 Å². The highest BCUT2D eigenvalue weighted by atomic mass is 32.2. The second-order valence-corrected chi connectivity index (χ2v) is 28.5. The third kappa shape index (κ3) is 23.8. The van der Waals surface area contributed by atoms with Gasteiger partial charge in [-0.15, -0.1) is 11.8 Å². The van der Waals surface area contributed by atoms with E-state index in [-0.39, 0.29) is 80.5 Å². The van der Waals surface area contributed by atoms with Gasteiger partial charge in [-0.3, -0.25) is 57.7 Å². The summed E-state index contributed by atoms with van der Waals surface area (Å²) in [7, 11) is 9.86. The molecule has 0 aromatic rings. The Morgan fingerprint density at radius 2 is 0.924 bits per heavy atom. The zero-order chi connectivity index (χ0) is 71.3. The lowest BCUT2D eigenvalue weighted by atomic mass is 9.91. The smallest absolute Gasteiger partial charge is 0.256 e. The predicted octanol–water partition coefficient (Wildman–Crippen LogP) is 2.60. The number of carbonyl (C=O) groups excluding carboxylic acids is 11. The third-order valence-corrected chi connectivity index (χ3v) is 18.1. The summed E-state index contributed by atoms with van der Waals surface area (Å²) >= 11 is 0.992. The maximum atomic E-state index is 15.3. The van der Waals surface area contributed by atoms with Gasteiger partial charge in [-0.2, -0.15) is 0 Å². The zero-order valence-corrected chi connectivity index (χ0v) is 60.7. The minimum atomic E-state index is -1.67. The van der Waals surface area contributed by atoms with Crippen LogP contribution in [0.15, 0.2) is 17.1 Å². The number of hydrogen-bond acceptors (Lipinski definition) is 14. The third-order valence-electron chi connectivity index (χ3n) is 16.9. The van der Waals surface area contributed by atoms with Crippen molar-refractivity contribution in [2.45, 2.75) is 228 Å². The van der Waals surface area contributed by atoms with Crippen LogP contribution in [0.4, 0.5) is 0 Å². The van der Waals surface area contributed by atoms with Crippen LogP contribution in [0.25, 0.3) is 0 Å². The Labute approximate surface area is 553 Å². The summed E-state index contributed by atoms with van der Waals surface area (Å²) < 4.78 is 0. The van der Waals surface area contributed by atoms with Gasteiger partial charge in [-0.25, -0.2) is 0 Å². The largest absolute Gasteiger partial charge is 0.390 e. The van der Waals surface area contributed by atoms with Crippen LogP contribution in [0.1, 0.15) is 156 Å². The number of nitrogens with zero attached hydrogens (tertiary/aromatic N) is 8. The summed E-state index contributed by atoms with van der Waals surface area (Å²) in [5.41, 5.74) is 11.3. The number of aliphatic hydroxyl groups is 1. The number of amides is 11. The lowest BCUT2D eigenvalue weighted by Crippen LogP contribution is -2.64. The number of allylic oxidation sites excluding steroid dienone is 2. The molecule has 1 aliphatic rings. The number of likely N-dealkylation sites (N-methyl/N-ethyl adjacent to an activating group) is 7. The number of guanidine groups is 1. The van der Waals surface area contributed by atoms with E-state index < -0.39 is 155 Å². The minimum absolute atomic E-state index is 0.0211. The highest BCUT2D eigenvalue weighted by Crippen LogP contribution is 2.27. The Kier molecular flexibility index (Phi) is 35.1. The summed E-state index contributed by atoms with van der Waals surface area (Å²) in [6, 6.07) is -12.8. The normalized spacial score (nSPS) is 26.5. The quantitative estimate of drug-likeness (QED) is 0.0423. The van der Waals surface area contributed by atoms with E-state index in [2.05, 4.69) is 26.3 Å². The van der Waals surface area contributed by atoms with E-state index in [1.807, 2.05) is 55.4 Å². The number of rotatable bonds is 19. The van der Waals surface area contributed by atoms with Gasteiger partial charge in [0, 0.05) is 55.1 Å². The lowest BCUT2D eigenvalue weighted by Gasteiger charge is -2.41. The van der Waals surface area contributed by atoms with Gasteiger partial charge in [0.05, 0.1) is 12.6 Å². The van der Waals surface area contributed by atoms with Gasteiger partial charge in [0.1, 0.15) is 60.4 Å². The number of aliphatic imine (C=N–C) groups is 1. The van der Waals surface area contributed by atoms with Crippen molar-refractivity contribution >= 4 is 82.7 Å². The molecule has 1 aliphatic heterocycles. The summed E-state index contributed by atoms with van der Waals surface area (Å²) in [4.78, 5) is 176. The Morgan fingerprint density at radius 3 is 1.37 bits per heavy atom. The number of nitrogens with two attached hydrogens (primary N) is 2. The zero-order valence-electron chi connectivity index (χ0n) is 59.9. The Balaban J connectivity index is 4.54. The first-order valence-corrected chi connectivity index (χ1v) is 33.6. The molecule has 11 amide bonds. The molecule has 0 aromatic carbocycles. The molecule has 526 valence electrons. The first kappa shape index (κ1) is 83.5. The van der Waals surface area contributed by atoms with Crippen molar-refractivity contribution in [1.82, 2.24) is 55.6 Å². The van der Waals surface area contributed by atoms with Crippen molar-refractivity contribution < 1.29 is 57.8 Å². The summed E-state index contributed by atoms with van der Waals surface area (Å²) in [5, 5.41) is 21.9. The molecule has 0 aliphatic carbocycles. The first-order valence-electron chi connectivity index (χ1n) is 32.6. The van der Waals surface area contributed by atoms with Gasteiger partial charge in [-0.05, 0) is 101 Å². The molecule has 92 heavy (non-hydrogen) atoms. The SMILES string of the molecule is CC=CC[C@@H](C)[C@@H](O)C1C(=O)N[C@H](CC)C(=O)N(C)C(SCCN=C(N)N)C(=O)N(C)[C@@H](CC(C)C)C(=O)N[C@H](C(C)C)C(=O)N(C)C(CC(C)C)C(=O)N[C@H](C)C(=O)N[C@@H](C)C(=O)N(C)[C@H](CC(C)C)C(=O)N(C)[C@H](CC(C)C)C(=O)N(C)[C@@H](C(C)C)C(=O)N1C. The molecule has 0 radical (unpaired) electrons. The molecule has 27 heteroatoms. The Hall–Kier alpha value is -6.51. The summed E-state index contributed by atoms with van der Waals surface area (Å²) in [6.07, 6.45) is 2.76. The van der Waals surface area contributed by atoms with Crippen molar-refractivity contribution in [1.29, 1.82) is 0 Å². The van der Waals surface area contributed by atoms with Gasteiger partial charge in [0.2, 0.25) is 59.1 Å². The number of aliphatic hydroxyl groups excluding tert-OH is 1. The van der Waals surface area contributed by atoms with Crippen LogP contribution in [0, 0.1) is 41.4 Å².